The summed E-state index contributed by atoms with van der Waals surface area (Å²) in [7, 11) is 3.65. The molecule has 0 bridgehead atoms. The third-order valence-corrected chi connectivity index (χ3v) is 3.55. The average molecular weight is 295 g/mol. The third-order valence-electron chi connectivity index (χ3n) is 3.55. The van der Waals surface area contributed by atoms with Crippen molar-refractivity contribution in [1.29, 1.82) is 0 Å². The van der Waals surface area contributed by atoms with Crippen molar-refractivity contribution in [3.05, 3.63) is 66.2 Å². The van der Waals surface area contributed by atoms with E-state index in [2.05, 4.69) is 5.10 Å². The molecule has 1 amide bonds. The van der Waals surface area contributed by atoms with Crippen molar-refractivity contribution in [2.45, 2.75) is 6.54 Å². The van der Waals surface area contributed by atoms with Crippen LogP contribution in [0.25, 0.3) is 11.3 Å². The van der Waals surface area contributed by atoms with E-state index in [1.54, 1.807) is 29.1 Å². The first-order valence-electron chi connectivity index (χ1n) is 7.01. The highest BCUT2D eigenvalue weighted by Gasteiger charge is 2.14. The molecule has 0 fully saturated rings. The smallest absolute Gasteiger partial charge is 0.254 e. The van der Waals surface area contributed by atoms with Gasteiger partial charge in [-0.05, 0) is 30.3 Å². The molecule has 22 heavy (non-hydrogen) atoms. The predicted molar refractivity (Wildman–Crippen MR) is 83.1 cm³/mol. The second-order valence-corrected chi connectivity index (χ2v) is 5.16. The highest BCUT2D eigenvalue weighted by molar-refractivity contribution is 5.95. The lowest BCUT2D eigenvalue weighted by molar-refractivity contribution is 0.0775. The number of rotatable bonds is 4. The molecule has 5 heteroatoms. The van der Waals surface area contributed by atoms with Crippen molar-refractivity contribution in [3.63, 3.8) is 0 Å². The van der Waals surface area contributed by atoms with Gasteiger partial charge in [0.25, 0.3) is 5.91 Å². The molecule has 2 heterocycles. The zero-order chi connectivity index (χ0) is 15.5. The Hall–Kier alpha value is -2.82. The molecule has 3 aromatic rings. The van der Waals surface area contributed by atoms with Gasteiger partial charge in [-0.1, -0.05) is 12.1 Å². The molecule has 2 aromatic heterocycles. The number of aromatic nitrogens is 2. The van der Waals surface area contributed by atoms with Gasteiger partial charge in [-0.3, -0.25) is 9.48 Å². The van der Waals surface area contributed by atoms with E-state index < -0.39 is 0 Å². The summed E-state index contributed by atoms with van der Waals surface area (Å²) in [4.78, 5) is 14.2. The molecule has 0 aliphatic carbocycles. The third kappa shape index (κ3) is 2.79. The number of hydrogen-bond acceptors (Lipinski definition) is 3. The van der Waals surface area contributed by atoms with Crippen molar-refractivity contribution < 1.29 is 9.21 Å². The van der Waals surface area contributed by atoms with Crippen molar-refractivity contribution in [3.8, 4) is 11.3 Å². The lowest BCUT2D eigenvalue weighted by atomic mass is 10.1. The standard InChI is InChI=1S/C17H17N3O2/c1-19(12-15-7-4-10-22-15)17(21)14-6-3-5-13(11-14)16-8-9-18-20(16)2/h3-11H,12H2,1-2H3. The quantitative estimate of drug-likeness (QED) is 0.743. The van der Waals surface area contributed by atoms with Crippen molar-refractivity contribution >= 4 is 5.91 Å². The molecule has 3 rings (SSSR count). The van der Waals surface area contributed by atoms with Crippen LogP contribution in [0.1, 0.15) is 16.1 Å². The van der Waals surface area contributed by atoms with Crippen LogP contribution in [0.4, 0.5) is 0 Å². The van der Waals surface area contributed by atoms with Crippen LogP contribution in [-0.4, -0.2) is 27.6 Å². The Morgan fingerprint density at radius 1 is 1.27 bits per heavy atom. The van der Waals surface area contributed by atoms with Crippen LogP contribution in [0, 0.1) is 0 Å². The van der Waals surface area contributed by atoms with Crippen LogP contribution < -0.4 is 0 Å². The highest BCUT2D eigenvalue weighted by atomic mass is 16.3. The molecule has 0 saturated carbocycles. The summed E-state index contributed by atoms with van der Waals surface area (Å²) in [5, 5.41) is 4.16. The first kappa shape index (κ1) is 14.1. The summed E-state index contributed by atoms with van der Waals surface area (Å²) in [6.07, 6.45) is 3.35. The molecule has 0 spiro atoms. The molecule has 0 aliphatic rings. The number of carbonyl (C=O) groups excluding carboxylic acids is 1. The van der Waals surface area contributed by atoms with E-state index in [1.807, 2.05) is 49.5 Å². The van der Waals surface area contributed by atoms with Crippen molar-refractivity contribution in [2.24, 2.45) is 7.05 Å². The second-order valence-electron chi connectivity index (χ2n) is 5.16. The monoisotopic (exact) mass is 295 g/mol. The first-order valence-corrected chi connectivity index (χ1v) is 7.01. The Labute approximate surface area is 128 Å². The molecule has 0 unspecified atom stereocenters. The van der Waals surface area contributed by atoms with E-state index >= 15 is 0 Å². The predicted octanol–water partition coefficient (Wildman–Crippen LogP) is 2.95. The van der Waals surface area contributed by atoms with Crippen LogP contribution in [0.5, 0.6) is 0 Å². The maximum Gasteiger partial charge on any atom is 0.254 e. The summed E-state index contributed by atoms with van der Waals surface area (Å²) in [6.45, 7) is 0.446. The lowest BCUT2D eigenvalue weighted by Crippen LogP contribution is -2.26. The number of carbonyl (C=O) groups is 1. The number of furan rings is 1. The van der Waals surface area contributed by atoms with Gasteiger partial charge in [0.1, 0.15) is 5.76 Å². The second kappa shape index (κ2) is 5.89. The molecular weight excluding hydrogens is 278 g/mol. The molecule has 1 aromatic carbocycles. The minimum absolute atomic E-state index is 0.0413. The summed E-state index contributed by atoms with van der Waals surface area (Å²) >= 11 is 0. The minimum Gasteiger partial charge on any atom is -0.467 e. The molecule has 5 nitrogen and oxygen atoms in total. The van der Waals surface area contributed by atoms with Crippen LogP contribution >= 0.6 is 0 Å². The molecule has 0 N–H and O–H groups in total. The Bertz CT molecular complexity index is 775. The van der Waals surface area contributed by atoms with Gasteiger partial charge >= 0.3 is 0 Å². The van der Waals surface area contributed by atoms with Gasteiger partial charge in [-0.2, -0.15) is 5.10 Å². The normalized spacial score (nSPS) is 10.6. The minimum atomic E-state index is -0.0413. The number of nitrogens with zero attached hydrogens (tertiary/aromatic N) is 3. The van der Waals surface area contributed by atoms with E-state index in [-0.39, 0.29) is 5.91 Å². The van der Waals surface area contributed by atoms with Crippen LogP contribution in [0.15, 0.2) is 59.3 Å². The van der Waals surface area contributed by atoms with Crippen LogP contribution in [0.2, 0.25) is 0 Å². The van der Waals surface area contributed by atoms with Gasteiger partial charge in [0, 0.05) is 31.4 Å². The van der Waals surface area contributed by atoms with Gasteiger partial charge in [0.05, 0.1) is 18.5 Å². The molecule has 0 atom stereocenters. The largest absolute Gasteiger partial charge is 0.467 e. The fourth-order valence-corrected chi connectivity index (χ4v) is 2.40. The maximum atomic E-state index is 12.5. The van der Waals surface area contributed by atoms with Gasteiger partial charge in [0.15, 0.2) is 0 Å². The SMILES string of the molecule is CN(Cc1ccco1)C(=O)c1cccc(-c2ccnn2C)c1. The van der Waals surface area contributed by atoms with Crippen molar-refractivity contribution in [1.82, 2.24) is 14.7 Å². The molecular formula is C17H17N3O2. The highest BCUT2D eigenvalue weighted by Crippen LogP contribution is 2.20. The van der Waals surface area contributed by atoms with Crippen LogP contribution in [0.3, 0.4) is 0 Å². The fourth-order valence-electron chi connectivity index (χ4n) is 2.40. The molecule has 0 radical (unpaired) electrons. The summed E-state index contributed by atoms with van der Waals surface area (Å²) < 4.78 is 7.07. The topological polar surface area (TPSA) is 51.3 Å². The first-order chi connectivity index (χ1) is 10.6. The zero-order valence-electron chi connectivity index (χ0n) is 12.6. The lowest BCUT2D eigenvalue weighted by Gasteiger charge is -2.16. The van der Waals surface area contributed by atoms with E-state index in [0.717, 1.165) is 17.0 Å². The number of benzene rings is 1. The van der Waals surface area contributed by atoms with Gasteiger partial charge in [0.2, 0.25) is 0 Å². The average Bonchev–Trinajstić information content (AvgIpc) is 3.18. The summed E-state index contributed by atoms with van der Waals surface area (Å²) in [5.41, 5.74) is 2.59. The fraction of sp³-hybridized carbons (Fsp3) is 0.176. The molecule has 0 aliphatic heterocycles. The van der Waals surface area contributed by atoms with E-state index in [0.29, 0.717) is 12.1 Å². The molecule has 0 saturated heterocycles. The number of hydrogen-bond donors (Lipinski definition) is 0. The Kier molecular flexibility index (Phi) is 3.78. The number of amides is 1. The summed E-state index contributed by atoms with van der Waals surface area (Å²) in [5.74, 6) is 0.721. The van der Waals surface area contributed by atoms with E-state index in [4.69, 9.17) is 4.42 Å². The van der Waals surface area contributed by atoms with E-state index in [1.165, 1.54) is 0 Å². The van der Waals surface area contributed by atoms with Crippen LogP contribution in [-0.2, 0) is 13.6 Å². The van der Waals surface area contributed by atoms with E-state index in [9.17, 15) is 4.79 Å². The zero-order valence-corrected chi connectivity index (χ0v) is 12.6. The van der Waals surface area contributed by atoms with Gasteiger partial charge in [-0.25, -0.2) is 0 Å². The Morgan fingerprint density at radius 2 is 2.14 bits per heavy atom. The summed E-state index contributed by atoms with van der Waals surface area (Å²) in [6, 6.07) is 13.2. The molecule has 112 valence electrons. The number of aryl methyl sites for hydroxylation is 1. The Morgan fingerprint density at radius 3 is 2.82 bits per heavy atom. The van der Waals surface area contributed by atoms with Crippen molar-refractivity contribution in [2.75, 3.05) is 7.05 Å². The Balaban J connectivity index is 1.82. The van der Waals surface area contributed by atoms with Gasteiger partial charge in [-0.15, -0.1) is 0 Å². The maximum absolute atomic E-state index is 12.5. The van der Waals surface area contributed by atoms with Gasteiger partial charge < -0.3 is 9.32 Å².